The molecule has 7 N–H and O–H groups in total. The minimum atomic E-state index is -1.95. The molecule has 3 fully saturated rings. The average Bonchev–Trinajstić information content (AvgIpc) is 3.18. The highest BCUT2D eigenvalue weighted by atomic mass is 16.7. The molecule has 19 atom stereocenters. The number of nitrogens with one attached hydrogen (secondary N) is 2. The molecule has 358 valence electrons. The lowest BCUT2D eigenvalue weighted by Gasteiger charge is -2.50. The lowest BCUT2D eigenvalue weighted by Crippen LogP contribution is -2.62. The maximum absolute atomic E-state index is 14.4. The molecule has 0 spiro atoms. The van der Waals surface area contributed by atoms with E-state index in [1.54, 1.807) is 55.4 Å². The molecule has 3 aliphatic rings. The third kappa shape index (κ3) is 13.0. The summed E-state index contributed by atoms with van der Waals surface area (Å²) in [5.41, 5.74) is -4.77. The summed E-state index contributed by atoms with van der Waals surface area (Å²) >= 11 is 0. The maximum atomic E-state index is 14.4. The van der Waals surface area contributed by atoms with Crippen molar-refractivity contribution in [3.63, 3.8) is 0 Å². The highest BCUT2D eigenvalue weighted by Gasteiger charge is 2.54. The van der Waals surface area contributed by atoms with Crippen LogP contribution in [0.2, 0.25) is 0 Å². The molecule has 3 rings (SSSR count). The van der Waals surface area contributed by atoms with Crippen LogP contribution in [0.15, 0.2) is 0 Å². The number of amides is 2. The van der Waals surface area contributed by atoms with E-state index in [2.05, 4.69) is 15.5 Å². The van der Waals surface area contributed by atoms with Gasteiger partial charge < -0.3 is 69.3 Å². The Labute approximate surface area is 364 Å². The predicted octanol–water partition coefficient (Wildman–Crippen LogP) is 2.70. The molecular formula is C44H83N3O14. The summed E-state index contributed by atoms with van der Waals surface area (Å²) in [6.45, 7) is 23.6. The van der Waals surface area contributed by atoms with E-state index in [0.29, 0.717) is 13.0 Å². The number of aliphatic hydroxyl groups excluding tert-OH is 3. The third-order valence-corrected chi connectivity index (χ3v) is 13.7. The lowest BCUT2D eigenvalue weighted by atomic mass is 9.73. The summed E-state index contributed by atoms with van der Waals surface area (Å²) in [6.07, 6.45) is -10.3. The molecule has 3 saturated heterocycles. The number of aliphatic hydroxyl groups is 5. The van der Waals surface area contributed by atoms with Gasteiger partial charge in [0.2, 0.25) is 0 Å². The molecule has 0 aromatic heterocycles. The van der Waals surface area contributed by atoms with E-state index in [0.717, 1.165) is 0 Å². The van der Waals surface area contributed by atoms with Crippen molar-refractivity contribution in [2.45, 2.75) is 212 Å². The van der Waals surface area contributed by atoms with Gasteiger partial charge in [-0.2, -0.15) is 0 Å². The van der Waals surface area contributed by atoms with Gasteiger partial charge in [-0.15, -0.1) is 0 Å². The Balaban J connectivity index is 2.21. The van der Waals surface area contributed by atoms with Crippen molar-refractivity contribution < 1.29 is 68.3 Å². The van der Waals surface area contributed by atoms with E-state index in [-0.39, 0.29) is 56.6 Å². The molecule has 17 heteroatoms. The lowest BCUT2D eigenvalue weighted by molar-refractivity contribution is -0.319. The molecule has 0 unspecified atom stereocenters. The normalized spacial score (nSPS) is 44.7. The monoisotopic (exact) mass is 878 g/mol. The molecular weight excluding hydrogens is 794 g/mol. The van der Waals surface area contributed by atoms with Crippen molar-refractivity contribution in [3.8, 4) is 0 Å². The van der Waals surface area contributed by atoms with Crippen LogP contribution >= 0.6 is 0 Å². The summed E-state index contributed by atoms with van der Waals surface area (Å²) in [5, 5.41) is 65.2. The van der Waals surface area contributed by atoms with Crippen molar-refractivity contribution in [3.05, 3.63) is 0 Å². The van der Waals surface area contributed by atoms with E-state index in [4.69, 9.17) is 33.2 Å². The molecule has 0 bridgehead atoms. The van der Waals surface area contributed by atoms with Crippen LogP contribution in [0.3, 0.4) is 0 Å². The molecule has 61 heavy (non-hydrogen) atoms. The third-order valence-electron chi connectivity index (χ3n) is 13.7. The van der Waals surface area contributed by atoms with Crippen molar-refractivity contribution in [2.75, 3.05) is 33.9 Å². The first kappa shape index (κ1) is 53.6. The second-order valence-corrected chi connectivity index (χ2v) is 19.1. The van der Waals surface area contributed by atoms with Crippen LogP contribution in [-0.4, -0.2) is 173 Å². The van der Waals surface area contributed by atoms with Gasteiger partial charge in [-0.25, -0.2) is 4.79 Å². The fourth-order valence-corrected chi connectivity index (χ4v) is 9.75. The molecule has 0 aromatic carbocycles. The molecule has 0 aliphatic carbocycles. The van der Waals surface area contributed by atoms with Gasteiger partial charge in [0.25, 0.3) is 0 Å². The summed E-state index contributed by atoms with van der Waals surface area (Å²) in [6, 6.07) is -0.606. The fourth-order valence-electron chi connectivity index (χ4n) is 9.75. The fraction of sp³-hybridized carbons (Fsp3) is 0.955. The SMILES string of the molecule is CCNC(=O)NCCO[C@@H]1[C@H](C)[C@@H](O)[C@](C)(O)[C@@H](CC)OC(=O)[C@H](C)[C@@H](O[C@H]2C[C@@](C)(OC)[C@@H](O)[C@H](C)O2)[C@H](C)[C@@H](O[C@@H]2O[C@H](C)C[C@H](N(C)C(C)C)[C@H]2O)[C@](C)(O)C[C@H]1C. The van der Waals surface area contributed by atoms with Gasteiger partial charge in [0.05, 0.1) is 60.4 Å². The Morgan fingerprint density at radius 3 is 2.13 bits per heavy atom. The second kappa shape index (κ2) is 22.4. The molecule has 3 heterocycles. The number of likely N-dealkylation sites (N-methyl/N-ethyl adjacent to an activating group) is 1. The largest absolute Gasteiger partial charge is 0.459 e. The van der Waals surface area contributed by atoms with Crippen LogP contribution in [0.5, 0.6) is 0 Å². The number of carbonyl (C=O) groups is 2. The Kier molecular flexibility index (Phi) is 19.7. The number of cyclic esters (lactones) is 1. The van der Waals surface area contributed by atoms with Crippen LogP contribution in [-0.2, 0) is 38.0 Å². The number of nitrogens with zero attached hydrogens (tertiary/aromatic N) is 1. The Bertz CT molecular complexity index is 1370. The van der Waals surface area contributed by atoms with Crippen molar-refractivity contribution in [2.24, 2.45) is 23.7 Å². The number of esters is 1. The van der Waals surface area contributed by atoms with Crippen LogP contribution in [0.4, 0.5) is 4.79 Å². The first-order valence-corrected chi connectivity index (χ1v) is 22.5. The van der Waals surface area contributed by atoms with Gasteiger partial charge in [-0.1, -0.05) is 27.7 Å². The summed E-state index contributed by atoms with van der Waals surface area (Å²) in [7, 11) is 3.43. The number of urea groups is 1. The highest BCUT2D eigenvalue weighted by molar-refractivity contribution is 5.73. The van der Waals surface area contributed by atoms with Crippen LogP contribution < -0.4 is 10.6 Å². The van der Waals surface area contributed by atoms with Gasteiger partial charge in [0, 0.05) is 50.5 Å². The zero-order valence-corrected chi connectivity index (χ0v) is 39.6. The topological polar surface area (TPSA) is 227 Å². The standard InChI is InChI=1S/C44H83N3O14/c1-16-31-44(13,54)36(49)26(7)34(56-19-18-46-41(52)45-17-2)24(5)21-42(11,53)38(61-40-33(48)30(20-25(6)57-40)47(14)23(3)4)27(8)35(28(9)39(51)59-31)60-32-22-43(12,55-15)37(50)29(10)58-32/h23-38,40,48-50,53-54H,16-22H2,1-15H3,(H2,45,46,52)/t24-,25-,26+,27+,28-,29+,30+,31-,32+,33-,34+,35+,36-,37+,38-,40+,42-,43-,44-/m1/s1. The molecule has 3 aliphatic heterocycles. The van der Waals surface area contributed by atoms with Crippen LogP contribution in [0, 0.1) is 23.7 Å². The van der Waals surface area contributed by atoms with E-state index in [1.165, 1.54) is 14.0 Å². The average molecular weight is 878 g/mol. The number of rotatable bonds is 13. The van der Waals surface area contributed by atoms with Gasteiger partial charge >= 0.3 is 12.0 Å². The molecule has 0 saturated carbocycles. The summed E-state index contributed by atoms with van der Waals surface area (Å²) in [4.78, 5) is 28.7. The Morgan fingerprint density at radius 2 is 1.56 bits per heavy atom. The first-order valence-electron chi connectivity index (χ1n) is 22.5. The number of carbonyl (C=O) groups excluding carboxylic acids is 2. The van der Waals surface area contributed by atoms with Crippen molar-refractivity contribution in [1.29, 1.82) is 0 Å². The first-order chi connectivity index (χ1) is 28.3. The zero-order chi connectivity index (χ0) is 46.4. The van der Waals surface area contributed by atoms with Crippen LogP contribution in [0.1, 0.15) is 116 Å². The predicted molar refractivity (Wildman–Crippen MR) is 227 cm³/mol. The minimum absolute atomic E-state index is 0.0109. The minimum Gasteiger partial charge on any atom is -0.459 e. The molecule has 17 nitrogen and oxygen atoms in total. The van der Waals surface area contributed by atoms with Crippen molar-refractivity contribution >= 4 is 12.0 Å². The van der Waals surface area contributed by atoms with Gasteiger partial charge in [-0.05, 0) is 94.5 Å². The van der Waals surface area contributed by atoms with Gasteiger partial charge in [0.1, 0.15) is 23.9 Å². The number of hydrogen-bond acceptors (Lipinski definition) is 15. The van der Waals surface area contributed by atoms with E-state index in [9.17, 15) is 35.1 Å². The number of hydrogen-bond donors (Lipinski definition) is 7. The summed E-state index contributed by atoms with van der Waals surface area (Å²) < 4.78 is 44.4. The second-order valence-electron chi connectivity index (χ2n) is 19.1. The Hall–Kier alpha value is -1.74. The molecule has 2 amide bonds. The van der Waals surface area contributed by atoms with Gasteiger partial charge in [-0.3, -0.25) is 9.69 Å². The van der Waals surface area contributed by atoms with E-state index < -0.39 is 108 Å². The van der Waals surface area contributed by atoms with Crippen molar-refractivity contribution in [1.82, 2.24) is 15.5 Å². The molecule has 0 radical (unpaired) electrons. The highest BCUT2D eigenvalue weighted by Crippen LogP contribution is 2.42. The van der Waals surface area contributed by atoms with E-state index in [1.807, 2.05) is 34.7 Å². The van der Waals surface area contributed by atoms with E-state index >= 15 is 0 Å². The quantitative estimate of drug-likeness (QED) is 0.104. The zero-order valence-electron chi connectivity index (χ0n) is 39.6. The van der Waals surface area contributed by atoms with Crippen LogP contribution in [0.25, 0.3) is 0 Å². The Morgan fingerprint density at radius 1 is 0.918 bits per heavy atom. The number of methoxy groups -OCH3 is 1. The van der Waals surface area contributed by atoms with Gasteiger partial charge in [0.15, 0.2) is 12.6 Å². The molecule has 0 aromatic rings. The smallest absolute Gasteiger partial charge is 0.314 e. The maximum Gasteiger partial charge on any atom is 0.314 e. The number of ether oxygens (including phenoxy) is 7. The summed E-state index contributed by atoms with van der Waals surface area (Å²) in [5.74, 6) is -3.95.